The van der Waals surface area contributed by atoms with E-state index >= 15 is 0 Å². The maximum absolute atomic E-state index is 9.88. The van der Waals surface area contributed by atoms with Crippen LogP contribution >= 0.6 is 0 Å². The van der Waals surface area contributed by atoms with Crippen molar-refractivity contribution in [2.75, 3.05) is 0 Å². The first-order valence-corrected chi connectivity index (χ1v) is 2.14. The van der Waals surface area contributed by atoms with Gasteiger partial charge in [0.2, 0.25) is 0 Å². The maximum Gasteiger partial charge on any atom is 0.146 e. The van der Waals surface area contributed by atoms with Crippen LogP contribution in [0.1, 0.15) is 6.42 Å². The molecule has 0 aliphatic heterocycles. The fourth-order valence-corrected chi connectivity index (χ4v) is 0.483. The SMILES string of the molecule is O=CC1=CC=[C]C1. The van der Waals surface area contributed by atoms with Crippen molar-refractivity contribution >= 4 is 6.29 Å². The van der Waals surface area contributed by atoms with E-state index in [0.29, 0.717) is 6.42 Å². The van der Waals surface area contributed by atoms with Crippen molar-refractivity contribution in [3.63, 3.8) is 0 Å². The Labute approximate surface area is 42.3 Å². The lowest BCUT2D eigenvalue weighted by molar-refractivity contribution is -0.104. The highest BCUT2D eigenvalue weighted by Gasteiger charge is 1.93. The summed E-state index contributed by atoms with van der Waals surface area (Å²) in [6.45, 7) is 0. The Morgan fingerprint density at radius 1 is 1.86 bits per heavy atom. The predicted molar refractivity (Wildman–Crippen MR) is 26.6 cm³/mol. The molecule has 0 aromatic rings. The van der Waals surface area contributed by atoms with Gasteiger partial charge >= 0.3 is 0 Å². The Hall–Kier alpha value is -0.850. The Balaban J connectivity index is 2.61. The quantitative estimate of drug-likeness (QED) is 0.440. The average molecular weight is 93.1 g/mol. The third-order valence-electron chi connectivity index (χ3n) is 0.873. The van der Waals surface area contributed by atoms with Gasteiger partial charge in [0.05, 0.1) is 0 Å². The van der Waals surface area contributed by atoms with E-state index in [9.17, 15) is 4.79 Å². The zero-order valence-corrected chi connectivity index (χ0v) is 3.85. The van der Waals surface area contributed by atoms with Gasteiger partial charge in [0, 0.05) is 6.42 Å². The predicted octanol–water partition coefficient (Wildman–Crippen LogP) is 0.875. The molecule has 1 rings (SSSR count). The van der Waals surface area contributed by atoms with Crippen molar-refractivity contribution in [1.82, 2.24) is 0 Å². The highest BCUT2D eigenvalue weighted by atomic mass is 16.1. The molecule has 1 heteroatoms. The largest absolute Gasteiger partial charge is 0.298 e. The van der Waals surface area contributed by atoms with E-state index in [-0.39, 0.29) is 0 Å². The highest BCUT2D eigenvalue weighted by Crippen LogP contribution is 2.04. The third-order valence-corrected chi connectivity index (χ3v) is 0.873. The molecule has 0 saturated heterocycles. The minimum Gasteiger partial charge on any atom is -0.298 e. The van der Waals surface area contributed by atoms with Gasteiger partial charge < -0.3 is 0 Å². The smallest absolute Gasteiger partial charge is 0.146 e. The molecule has 0 bridgehead atoms. The topological polar surface area (TPSA) is 17.1 Å². The van der Waals surface area contributed by atoms with Crippen molar-refractivity contribution in [2.45, 2.75) is 6.42 Å². The summed E-state index contributed by atoms with van der Waals surface area (Å²) in [6, 6.07) is 0. The fourth-order valence-electron chi connectivity index (χ4n) is 0.483. The molecular formula is C6H5O. The minimum absolute atomic E-state index is 0.698. The van der Waals surface area contributed by atoms with Crippen molar-refractivity contribution in [3.05, 3.63) is 23.8 Å². The number of rotatable bonds is 1. The molecule has 0 atom stereocenters. The van der Waals surface area contributed by atoms with E-state index in [1.807, 2.05) is 0 Å². The molecule has 1 aliphatic carbocycles. The lowest BCUT2D eigenvalue weighted by Crippen LogP contribution is -1.74. The summed E-state index contributed by atoms with van der Waals surface area (Å²) in [5, 5.41) is 0. The number of carbonyl (C=O) groups excluding carboxylic acids is 1. The number of allylic oxidation sites excluding steroid dienone is 4. The summed E-state index contributed by atoms with van der Waals surface area (Å²) in [5.74, 6) is 0. The Morgan fingerprint density at radius 2 is 2.71 bits per heavy atom. The molecule has 1 nitrogen and oxygen atoms in total. The summed E-state index contributed by atoms with van der Waals surface area (Å²) >= 11 is 0. The second-order valence-corrected chi connectivity index (χ2v) is 1.41. The van der Waals surface area contributed by atoms with Gasteiger partial charge in [-0.05, 0) is 11.6 Å². The molecule has 1 radical (unpaired) electrons. The standard InChI is InChI=1S/C6H5O/c7-5-6-3-1-2-4-6/h1,3,5H,4H2. The van der Waals surface area contributed by atoms with Crippen LogP contribution in [0.5, 0.6) is 0 Å². The average Bonchev–Trinajstić information content (AvgIpc) is 2.14. The molecule has 0 spiro atoms. The summed E-state index contributed by atoms with van der Waals surface area (Å²) in [6.07, 6.45) is 7.97. The first-order valence-electron chi connectivity index (χ1n) is 2.14. The minimum atomic E-state index is 0.698. The number of hydrogen-bond acceptors (Lipinski definition) is 1. The van der Waals surface area contributed by atoms with Crippen LogP contribution < -0.4 is 0 Å². The third kappa shape index (κ3) is 0.769. The van der Waals surface area contributed by atoms with Crippen LogP contribution in [0.3, 0.4) is 0 Å². The van der Waals surface area contributed by atoms with Crippen LogP contribution in [0, 0.1) is 6.08 Å². The second kappa shape index (κ2) is 1.73. The molecule has 0 aromatic heterocycles. The summed E-state index contributed by atoms with van der Waals surface area (Å²) < 4.78 is 0. The lowest BCUT2D eigenvalue weighted by atomic mass is 10.3. The molecule has 7 heavy (non-hydrogen) atoms. The molecule has 0 amide bonds. The van der Waals surface area contributed by atoms with Crippen LogP contribution in [-0.2, 0) is 4.79 Å². The van der Waals surface area contributed by atoms with Gasteiger partial charge in [-0.25, -0.2) is 0 Å². The van der Waals surface area contributed by atoms with Crippen LogP contribution in [0.25, 0.3) is 0 Å². The molecule has 0 aromatic carbocycles. The van der Waals surface area contributed by atoms with Gasteiger partial charge in [-0.3, -0.25) is 4.79 Å². The van der Waals surface area contributed by atoms with Crippen LogP contribution in [0.15, 0.2) is 17.7 Å². The van der Waals surface area contributed by atoms with Gasteiger partial charge in [0.15, 0.2) is 0 Å². The van der Waals surface area contributed by atoms with Gasteiger partial charge in [0.25, 0.3) is 0 Å². The number of carbonyl (C=O) groups is 1. The fraction of sp³-hybridized carbons (Fsp3) is 0.167. The molecule has 0 unspecified atom stereocenters. The van der Waals surface area contributed by atoms with Crippen LogP contribution in [0.4, 0.5) is 0 Å². The van der Waals surface area contributed by atoms with E-state index in [4.69, 9.17) is 0 Å². The van der Waals surface area contributed by atoms with E-state index in [1.54, 1.807) is 12.2 Å². The number of hydrogen-bond donors (Lipinski definition) is 0. The lowest BCUT2D eigenvalue weighted by Gasteiger charge is -1.77. The van der Waals surface area contributed by atoms with Gasteiger partial charge in [-0.2, -0.15) is 0 Å². The summed E-state index contributed by atoms with van der Waals surface area (Å²) in [7, 11) is 0. The molecule has 0 fully saturated rings. The molecular weight excluding hydrogens is 88.1 g/mol. The van der Waals surface area contributed by atoms with Crippen molar-refractivity contribution in [2.24, 2.45) is 0 Å². The van der Waals surface area contributed by atoms with Crippen molar-refractivity contribution in [1.29, 1.82) is 0 Å². The summed E-state index contributed by atoms with van der Waals surface area (Å²) in [5.41, 5.74) is 0.819. The highest BCUT2D eigenvalue weighted by molar-refractivity contribution is 5.74. The van der Waals surface area contributed by atoms with Crippen molar-refractivity contribution < 1.29 is 4.79 Å². The van der Waals surface area contributed by atoms with Crippen molar-refractivity contribution in [3.8, 4) is 0 Å². The first kappa shape index (κ1) is 4.31. The monoisotopic (exact) mass is 93.0 g/mol. The van der Waals surface area contributed by atoms with Gasteiger partial charge in [-0.15, -0.1) is 0 Å². The molecule has 35 valence electrons. The van der Waals surface area contributed by atoms with Gasteiger partial charge in [-0.1, -0.05) is 12.2 Å². The molecule has 0 saturated carbocycles. The Kier molecular flexibility index (Phi) is 1.07. The van der Waals surface area contributed by atoms with E-state index in [2.05, 4.69) is 6.08 Å². The normalized spacial score (nSPS) is 16.9. The van der Waals surface area contributed by atoms with Gasteiger partial charge in [0.1, 0.15) is 6.29 Å². The van der Waals surface area contributed by atoms with E-state index in [1.165, 1.54) is 0 Å². The molecule has 1 aliphatic rings. The van der Waals surface area contributed by atoms with E-state index in [0.717, 1.165) is 11.9 Å². The molecule has 0 N–H and O–H groups in total. The Bertz CT molecular complexity index is 131. The first-order chi connectivity index (χ1) is 3.43. The number of aldehydes is 1. The zero-order chi connectivity index (χ0) is 5.11. The summed E-state index contributed by atoms with van der Waals surface area (Å²) in [4.78, 5) is 9.88. The second-order valence-electron chi connectivity index (χ2n) is 1.41. The Morgan fingerprint density at radius 3 is 3.00 bits per heavy atom. The van der Waals surface area contributed by atoms with E-state index < -0.39 is 0 Å². The van der Waals surface area contributed by atoms with Crippen LogP contribution in [0.2, 0.25) is 0 Å². The molecule has 0 heterocycles. The van der Waals surface area contributed by atoms with Crippen LogP contribution in [-0.4, -0.2) is 6.29 Å². The zero-order valence-electron chi connectivity index (χ0n) is 3.85. The maximum atomic E-state index is 9.88.